The second-order valence-electron chi connectivity index (χ2n) is 9.06. The molecule has 9 heteroatoms. The van der Waals surface area contributed by atoms with E-state index < -0.39 is 0 Å². The fourth-order valence-corrected chi connectivity index (χ4v) is 4.63. The largest absolute Gasteiger partial charge is 0.378 e. The summed E-state index contributed by atoms with van der Waals surface area (Å²) in [5.74, 6) is 6.22. The van der Waals surface area contributed by atoms with E-state index in [1.54, 1.807) is 25.4 Å². The molecular weight excluding hydrogens is 492 g/mol. The third kappa shape index (κ3) is 4.79. The van der Waals surface area contributed by atoms with Crippen LogP contribution in [-0.4, -0.2) is 71.0 Å². The van der Waals surface area contributed by atoms with Crippen molar-refractivity contribution in [3.63, 3.8) is 0 Å². The van der Waals surface area contributed by atoms with Crippen molar-refractivity contribution < 1.29 is 14.4 Å². The number of amides is 1. The highest BCUT2D eigenvalue weighted by molar-refractivity contribution is 5.94. The van der Waals surface area contributed by atoms with Gasteiger partial charge in [-0.05, 0) is 42.2 Å². The number of aromatic nitrogens is 4. The van der Waals surface area contributed by atoms with Gasteiger partial charge in [-0.25, -0.2) is 19.5 Å². The van der Waals surface area contributed by atoms with E-state index in [4.69, 9.17) is 19.5 Å². The molecule has 0 aliphatic carbocycles. The number of anilines is 1. The van der Waals surface area contributed by atoms with Crippen molar-refractivity contribution in [3.8, 4) is 23.1 Å². The lowest BCUT2D eigenvalue weighted by Gasteiger charge is -2.28. The molecule has 3 aromatic heterocycles. The number of carbonyl (C=O) groups is 1. The first kappa shape index (κ1) is 24.6. The molecule has 6 rings (SSSR count). The smallest absolute Gasteiger partial charge is 0.277 e. The van der Waals surface area contributed by atoms with E-state index in [1.807, 2.05) is 59.1 Å². The topological polar surface area (TPSA) is 85.1 Å². The Morgan fingerprint density at radius 2 is 1.77 bits per heavy atom. The third-order valence-corrected chi connectivity index (χ3v) is 6.72. The molecule has 1 saturated heterocycles. The fourth-order valence-electron chi connectivity index (χ4n) is 4.63. The normalized spacial score (nSPS) is 13.3. The SMILES string of the molecule is CON(C)C(=O)c1ccc(-c2c(C#Cc3ccc4ccccc4n3)nc3c(N4CCOCC4)ccnn23)cc1. The van der Waals surface area contributed by atoms with Crippen LogP contribution in [0.3, 0.4) is 0 Å². The van der Waals surface area contributed by atoms with Crippen molar-refractivity contribution >= 4 is 28.1 Å². The first-order chi connectivity index (χ1) is 19.1. The van der Waals surface area contributed by atoms with Gasteiger partial charge in [0.2, 0.25) is 0 Å². The van der Waals surface area contributed by atoms with Crippen LogP contribution in [0.15, 0.2) is 72.9 Å². The summed E-state index contributed by atoms with van der Waals surface area (Å²) in [5, 5.41) is 6.89. The van der Waals surface area contributed by atoms with Crippen molar-refractivity contribution in [3.05, 3.63) is 89.9 Å². The predicted octanol–water partition coefficient (Wildman–Crippen LogP) is 3.81. The summed E-state index contributed by atoms with van der Waals surface area (Å²) < 4.78 is 7.37. The number of morpholine rings is 1. The van der Waals surface area contributed by atoms with Crippen LogP contribution >= 0.6 is 0 Å². The van der Waals surface area contributed by atoms with Crippen molar-refractivity contribution in [2.75, 3.05) is 45.4 Å². The van der Waals surface area contributed by atoms with Crippen LogP contribution in [0.2, 0.25) is 0 Å². The number of carbonyl (C=O) groups excluding carboxylic acids is 1. The van der Waals surface area contributed by atoms with Crippen LogP contribution in [-0.2, 0) is 9.57 Å². The molecule has 0 N–H and O–H groups in total. The molecule has 39 heavy (non-hydrogen) atoms. The number of rotatable bonds is 4. The fraction of sp³-hybridized carbons (Fsp3) is 0.200. The van der Waals surface area contributed by atoms with Crippen molar-refractivity contribution in [2.45, 2.75) is 0 Å². The molecule has 0 atom stereocenters. The van der Waals surface area contributed by atoms with Gasteiger partial charge in [0.05, 0.1) is 37.7 Å². The van der Waals surface area contributed by atoms with Crippen LogP contribution in [0.4, 0.5) is 5.69 Å². The zero-order chi connectivity index (χ0) is 26.8. The average Bonchev–Trinajstić information content (AvgIpc) is 3.38. The highest BCUT2D eigenvalue weighted by Gasteiger charge is 2.21. The summed E-state index contributed by atoms with van der Waals surface area (Å²) in [6.07, 6.45) is 1.77. The van der Waals surface area contributed by atoms with E-state index >= 15 is 0 Å². The molecule has 2 aromatic carbocycles. The van der Waals surface area contributed by atoms with Crippen molar-refractivity contribution in [2.24, 2.45) is 0 Å². The van der Waals surface area contributed by atoms with Crippen molar-refractivity contribution in [1.82, 2.24) is 24.6 Å². The van der Waals surface area contributed by atoms with E-state index in [0.717, 1.165) is 40.9 Å². The number of nitrogens with zero attached hydrogens (tertiary/aromatic N) is 6. The number of hydrogen-bond donors (Lipinski definition) is 0. The van der Waals surface area contributed by atoms with Gasteiger partial charge in [-0.1, -0.05) is 36.4 Å². The van der Waals surface area contributed by atoms with Gasteiger partial charge in [-0.15, -0.1) is 0 Å². The van der Waals surface area contributed by atoms with Crippen molar-refractivity contribution in [1.29, 1.82) is 0 Å². The maximum Gasteiger partial charge on any atom is 0.277 e. The van der Waals surface area contributed by atoms with Crippen LogP contribution in [0, 0.1) is 11.8 Å². The Labute approximate surface area is 225 Å². The maximum absolute atomic E-state index is 12.6. The number of hydroxylamine groups is 2. The third-order valence-electron chi connectivity index (χ3n) is 6.72. The van der Waals surface area contributed by atoms with E-state index in [9.17, 15) is 4.79 Å². The number of imidazole rings is 1. The predicted molar refractivity (Wildman–Crippen MR) is 148 cm³/mol. The zero-order valence-corrected chi connectivity index (χ0v) is 21.7. The molecule has 1 amide bonds. The van der Waals surface area contributed by atoms with Gasteiger partial charge in [0.25, 0.3) is 5.91 Å². The Bertz CT molecular complexity index is 1730. The van der Waals surface area contributed by atoms with Gasteiger partial charge < -0.3 is 9.64 Å². The Hall–Kier alpha value is -4.78. The Kier molecular flexibility index (Phi) is 6.63. The molecule has 0 radical (unpaired) electrons. The number of pyridine rings is 1. The lowest BCUT2D eigenvalue weighted by atomic mass is 10.1. The summed E-state index contributed by atoms with van der Waals surface area (Å²) in [4.78, 5) is 29.5. The minimum absolute atomic E-state index is 0.239. The first-order valence-electron chi connectivity index (χ1n) is 12.6. The minimum Gasteiger partial charge on any atom is -0.378 e. The summed E-state index contributed by atoms with van der Waals surface area (Å²) in [6, 6.07) is 21.1. The number of ether oxygens (including phenoxy) is 1. The van der Waals surface area contributed by atoms with Gasteiger partial charge in [0.15, 0.2) is 5.65 Å². The average molecular weight is 519 g/mol. The molecular formula is C30H26N6O3. The monoisotopic (exact) mass is 518 g/mol. The summed E-state index contributed by atoms with van der Waals surface area (Å²) >= 11 is 0. The quantitative estimate of drug-likeness (QED) is 0.264. The van der Waals surface area contributed by atoms with Gasteiger partial charge in [0.1, 0.15) is 17.1 Å². The number of fused-ring (bicyclic) bond motifs is 2. The summed E-state index contributed by atoms with van der Waals surface area (Å²) in [5.41, 5.74) is 5.88. The highest BCUT2D eigenvalue weighted by Crippen LogP contribution is 2.29. The van der Waals surface area contributed by atoms with Crippen LogP contribution < -0.4 is 4.90 Å². The van der Waals surface area contributed by atoms with Crippen LogP contribution in [0.5, 0.6) is 0 Å². The van der Waals surface area contributed by atoms with E-state index in [-0.39, 0.29) is 5.91 Å². The number of benzene rings is 2. The molecule has 1 aliphatic rings. The lowest BCUT2D eigenvalue weighted by Crippen LogP contribution is -2.36. The minimum atomic E-state index is -0.239. The molecule has 9 nitrogen and oxygen atoms in total. The summed E-state index contributed by atoms with van der Waals surface area (Å²) in [7, 11) is 3.03. The van der Waals surface area contributed by atoms with Gasteiger partial charge in [0, 0.05) is 36.7 Å². The molecule has 0 unspecified atom stereocenters. The highest BCUT2D eigenvalue weighted by atomic mass is 16.7. The standard InChI is InChI=1S/C30H26N6O3/c1-34(38-2)30(37)23-9-7-22(8-10-23)28-26(14-13-24-12-11-21-5-3-4-6-25(21)32-24)33-29-27(15-16-31-36(28)29)35-17-19-39-20-18-35/h3-12,15-16H,17-20H2,1-2H3. The van der Waals surface area contributed by atoms with Gasteiger partial charge in [-0.2, -0.15) is 5.10 Å². The second-order valence-corrected chi connectivity index (χ2v) is 9.06. The molecule has 1 aliphatic heterocycles. The molecule has 5 aromatic rings. The lowest BCUT2D eigenvalue weighted by molar-refractivity contribution is -0.0756. The molecule has 0 bridgehead atoms. The number of hydrogen-bond acceptors (Lipinski definition) is 7. The first-order valence-corrected chi connectivity index (χ1v) is 12.6. The van der Waals surface area contributed by atoms with E-state index in [2.05, 4.69) is 21.8 Å². The van der Waals surface area contributed by atoms with Gasteiger partial charge >= 0.3 is 0 Å². The van der Waals surface area contributed by atoms with Crippen LogP contribution in [0.1, 0.15) is 21.7 Å². The Morgan fingerprint density at radius 3 is 2.56 bits per heavy atom. The Morgan fingerprint density at radius 1 is 0.974 bits per heavy atom. The zero-order valence-electron chi connectivity index (χ0n) is 21.7. The molecule has 1 fully saturated rings. The molecule has 0 saturated carbocycles. The summed E-state index contributed by atoms with van der Waals surface area (Å²) in [6.45, 7) is 2.86. The number of para-hydroxylation sites is 1. The second kappa shape index (κ2) is 10.5. The maximum atomic E-state index is 12.6. The Balaban J connectivity index is 1.47. The van der Waals surface area contributed by atoms with Crippen LogP contribution in [0.25, 0.3) is 27.8 Å². The van der Waals surface area contributed by atoms with Gasteiger partial charge in [-0.3, -0.25) is 9.63 Å². The molecule has 194 valence electrons. The van der Waals surface area contributed by atoms with E-state index in [0.29, 0.717) is 35.8 Å². The molecule has 0 spiro atoms. The molecule has 4 heterocycles. The van der Waals surface area contributed by atoms with E-state index in [1.165, 1.54) is 12.2 Å².